The van der Waals surface area contributed by atoms with Crippen LogP contribution >= 0.6 is 11.3 Å². The van der Waals surface area contributed by atoms with E-state index in [9.17, 15) is 0 Å². The van der Waals surface area contributed by atoms with Crippen molar-refractivity contribution in [1.82, 2.24) is 9.55 Å². The Morgan fingerprint density at radius 3 is 2.70 bits per heavy atom. The molecule has 0 aliphatic carbocycles. The molecule has 0 atom stereocenters. The molecule has 1 aliphatic rings. The van der Waals surface area contributed by atoms with Gasteiger partial charge in [-0.2, -0.15) is 0 Å². The first-order chi connectivity index (χ1) is 14.9. The van der Waals surface area contributed by atoms with Crippen LogP contribution in [0.25, 0.3) is 48.0 Å². The van der Waals surface area contributed by atoms with Gasteiger partial charge in [0.1, 0.15) is 12.4 Å². The monoisotopic (exact) mass is 404 g/mol. The van der Waals surface area contributed by atoms with E-state index >= 15 is 0 Å². The standard InChI is InChI=1S/C26H16N2OS/c1-4-11-24-18(6-1)19-8-5-7-17(26(19)30-24)16-12-13-22-23(14-16)29-15-25-27-20-9-2-3-10-21(20)28(22)25/h1-14H,15H2. The topological polar surface area (TPSA) is 27.1 Å². The van der Waals surface area contributed by atoms with Crippen molar-refractivity contribution < 1.29 is 4.74 Å². The first-order valence-corrected chi connectivity index (χ1v) is 10.8. The molecule has 1 aliphatic heterocycles. The summed E-state index contributed by atoms with van der Waals surface area (Å²) in [6.07, 6.45) is 0. The van der Waals surface area contributed by atoms with Crippen molar-refractivity contribution in [2.45, 2.75) is 6.61 Å². The Morgan fingerprint density at radius 1 is 0.833 bits per heavy atom. The number of thiophene rings is 1. The first-order valence-electron chi connectivity index (χ1n) is 10.0. The zero-order valence-electron chi connectivity index (χ0n) is 16.0. The van der Waals surface area contributed by atoms with Gasteiger partial charge in [0.15, 0.2) is 5.82 Å². The van der Waals surface area contributed by atoms with Crippen LogP contribution in [0.3, 0.4) is 0 Å². The molecule has 0 N–H and O–H groups in total. The van der Waals surface area contributed by atoms with Crippen LogP contribution in [0.15, 0.2) is 84.9 Å². The highest BCUT2D eigenvalue weighted by molar-refractivity contribution is 7.26. The molecule has 142 valence electrons. The zero-order valence-corrected chi connectivity index (χ0v) is 16.8. The molecule has 4 heteroatoms. The summed E-state index contributed by atoms with van der Waals surface area (Å²) >= 11 is 1.86. The van der Waals surface area contributed by atoms with Crippen molar-refractivity contribution in [2.75, 3.05) is 0 Å². The van der Waals surface area contributed by atoms with Crippen LogP contribution in [-0.2, 0) is 6.61 Å². The molecule has 0 saturated carbocycles. The Labute approximate surface area is 176 Å². The number of imidazole rings is 1. The highest BCUT2D eigenvalue weighted by Crippen LogP contribution is 2.42. The second-order valence-electron chi connectivity index (χ2n) is 7.60. The van der Waals surface area contributed by atoms with Gasteiger partial charge in [0.25, 0.3) is 0 Å². The third-order valence-electron chi connectivity index (χ3n) is 5.90. The number of hydrogen-bond donors (Lipinski definition) is 0. The lowest BCUT2D eigenvalue weighted by Gasteiger charge is -2.21. The number of ether oxygens (including phenoxy) is 1. The Hall–Kier alpha value is -3.63. The number of aromatic nitrogens is 2. The molecule has 7 rings (SSSR count). The summed E-state index contributed by atoms with van der Waals surface area (Å²) in [5.74, 6) is 1.85. The summed E-state index contributed by atoms with van der Waals surface area (Å²) in [6.45, 7) is 0.484. The lowest BCUT2D eigenvalue weighted by Crippen LogP contribution is -2.13. The normalized spacial score (nSPS) is 12.8. The van der Waals surface area contributed by atoms with Crippen LogP contribution in [0.1, 0.15) is 5.82 Å². The van der Waals surface area contributed by atoms with Gasteiger partial charge in [-0.05, 0) is 41.5 Å². The van der Waals surface area contributed by atoms with Gasteiger partial charge in [-0.15, -0.1) is 11.3 Å². The van der Waals surface area contributed by atoms with Crippen molar-refractivity contribution in [3.8, 4) is 22.6 Å². The number of nitrogens with zero attached hydrogens (tertiary/aromatic N) is 2. The first kappa shape index (κ1) is 16.2. The molecule has 4 aromatic carbocycles. The number of hydrogen-bond acceptors (Lipinski definition) is 3. The van der Waals surface area contributed by atoms with Crippen molar-refractivity contribution >= 4 is 42.5 Å². The SMILES string of the molecule is c1ccc2c(c1)nc1n2-c2ccc(-c3cccc4c3sc3ccccc34)cc2OC1. The maximum Gasteiger partial charge on any atom is 0.152 e. The fourth-order valence-corrected chi connectivity index (χ4v) is 5.78. The predicted molar refractivity (Wildman–Crippen MR) is 124 cm³/mol. The van der Waals surface area contributed by atoms with Gasteiger partial charge < -0.3 is 4.74 Å². The summed E-state index contributed by atoms with van der Waals surface area (Å²) in [6, 6.07) is 30.0. The molecule has 6 aromatic rings. The van der Waals surface area contributed by atoms with E-state index in [0.29, 0.717) is 6.61 Å². The minimum Gasteiger partial charge on any atom is -0.483 e. The molecule has 0 fully saturated rings. The van der Waals surface area contributed by atoms with Gasteiger partial charge in [0.2, 0.25) is 0 Å². The third kappa shape index (κ3) is 2.17. The van der Waals surface area contributed by atoms with Gasteiger partial charge in [-0.1, -0.05) is 54.6 Å². The second-order valence-corrected chi connectivity index (χ2v) is 8.66. The van der Waals surface area contributed by atoms with Crippen LogP contribution < -0.4 is 4.74 Å². The fourth-order valence-electron chi connectivity index (χ4n) is 4.54. The molecule has 0 bridgehead atoms. The van der Waals surface area contributed by atoms with E-state index in [-0.39, 0.29) is 0 Å². The van der Waals surface area contributed by atoms with Crippen LogP contribution in [0.5, 0.6) is 5.75 Å². The van der Waals surface area contributed by atoms with E-state index in [4.69, 9.17) is 9.72 Å². The molecule has 2 aromatic heterocycles. The molecule has 3 nitrogen and oxygen atoms in total. The van der Waals surface area contributed by atoms with Crippen molar-refractivity contribution in [1.29, 1.82) is 0 Å². The van der Waals surface area contributed by atoms with Crippen molar-refractivity contribution in [3.05, 3.63) is 90.8 Å². The quantitative estimate of drug-likeness (QED) is 0.296. The summed E-state index contributed by atoms with van der Waals surface area (Å²) in [5, 5.41) is 2.64. The summed E-state index contributed by atoms with van der Waals surface area (Å²) in [5.41, 5.74) is 5.61. The molecule has 0 unspecified atom stereocenters. The van der Waals surface area contributed by atoms with Crippen molar-refractivity contribution in [3.63, 3.8) is 0 Å². The van der Waals surface area contributed by atoms with Crippen LogP contribution in [0, 0.1) is 0 Å². The number of para-hydroxylation sites is 2. The number of benzene rings is 4. The maximum atomic E-state index is 6.13. The predicted octanol–water partition coefficient (Wildman–Crippen LogP) is 6.95. The lowest BCUT2D eigenvalue weighted by molar-refractivity contribution is 0.281. The molecule has 0 saturated heterocycles. The molecule has 0 radical (unpaired) electrons. The molecule has 30 heavy (non-hydrogen) atoms. The summed E-state index contributed by atoms with van der Waals surface area (Å²) < 4.78 is 11.0. The Balaban J connectivity index is 1.45. The van der Waals surface area contributed by atoms with E-state index < -0.39 is 0 Å². The van der Waals surface area contributed by atoms with Gasteiger partial charge >= 0.3 is 0 Å². The van der Waals surface area contributed by atoms with Gasteiger partial charge in [0, 0.05) is 20.2 Å². The second kappa shape index (κ2) is 5.94. The number of fused-ring (bicyclic) bond motifs is 8. The van der Waals surface area contributed by atoms with E-state index in [1.54, 1.807) is 0 Å². The highest BCUT2D eigenvalue weighted by Gasteiger charge is 2.22. The summed E-state index contributed by atoms with van der Waals surface area (Å²) in [4.78, 5) is 4.74. The molecular formula is C26H16N2OS. The van der Waals surface area contributed by atoms with Crippen LogP contribution in [0.2, 0.25) is 0 Å². The van der Waals surface area contributed by atoms with Crippen LogP contribution in [0.4, 0.5) is 0 Å². The average Bonchev–Trinajstić information content (AvgIpc) is 3.37. The average molecular weight is 404 g/mol. The third-order valence-corrected chi connectivity index (χ3v) is 7.12. The molecule has 0 spiro atoms. The molecular weight excluding hydrogens is 388 g/mol. The Morgan fingerprint density at radius 2 is 1.70 bits per heavy atom. The minimum absolute atomic E-state index is 0.484. The van der Waals surface area contributed by atoms with E-state index in [0.717, 1.165) is 28.3 Å². The number of rotatable bonds is 1. The highest BCUT2D eigenvalue weighted by atomic mass is 32.1. The van der Waals surface area contributed by atoms with Gasteiger partial charge in [-0.3, -0.25) is 4.57 Å². The Kier molecular flexibility index (Phi) is 3.21. The largest absolute Gasteiger partial charge is 0.483 e. The smallest absolute Gasteiger partial charge is 0.152 e. The van der Waals surface area contributed by atoms with Gasteiger partial charge in [-0.25, -0.2) is 4.98 Å². The minimum atomic E-state index is 0.484. The van der Waals surface area contributed by atoms with E-state index in [1.807, 2.05) is 17.4 Å². The molecule has 3 heterocycles. The molecule has 0 amide bonds. The Bertz CT molecular complexity index is 1610. The van der Waals surface area contributed by atoms with Gasteiger partial charge in [0.05, 0.1) is 16.7 Å². The van der Waals surface area contributed by atoms with E-state index in [1.165, 1.54) is 31.3 Å². The lowest BCUT2D eigenvalue weighted by atomic mass is 10.0. The van der Waals surface area contributed by atoms with Crippen molar-refractivity contribution in [2.24, 2.45) is 0 Å². The maximum absolute atomic E-state index is 6.13. The zero-order chi connectivity index (χ0) is 19.7. The summed E-state index contributed by atoms with van der Waals surface area (Å²) in [7, 11) is 0. The fraction of sp³-hybridized carbons (Fsp3) is 0.0385. The van der Waals surface area contributed by atoms with E-state index in [2.05, 4.69) is 83.4 Å². The van der Waals surface area contributed by atoms with Crippen LogP contribution in [-0.4, -0.2) is 9.55 Å².